The van der Waals surface area contributed by atoms with Crippen LogP contribution < -0.4 is 16.6 Å². The molecule has 15 heavy (non-hydrogen) atoms. The van der Waals surface area contributed by atoms with E-state index in [2.05, 4.69) is 34.6 Å². The first kappa shape index (κ1) is 11.7. The van der Waals surface area contributed by atoms with Crippen LogP contribution in [0.1, 0.15) is 33.1 Å². The van der Waals surface area contributed by atoms with Crippen molar-refractivity contribution >= 4 is 11.6 Å². The van der Waals surface area contributed by atoms with Gasteiger partial charge in [-0.2, -0.15) is 0 Å². The average molecular weight is 209 g/mol. The number of hydrogen-bond donors (Lipinski definition) is 3. The van der Waals surface area contributed by atoms with Crippen LogP contribution in [-0.2, 0) is 0 Å². The minimum absolute atomic E-state index is 0.456. The number of hydrazine groups is 1. The van der Waals surface area contributed by atoms with E-state index in [1.54, 1.807) is 12.4 Å². The zero-order valence-corrected chi connectivity index (χ0v) is 9.33. The molecule has 1 unspecified atom stereocenters. The Morgan fingerprint density at radius 1 is 1.33 bits per heavy atom. The van der Waals surface area contributed by atoms with Crippen molar-refractivity contribution < 1.29 is 0 Å². The van der Waals surface area contributed by atoms with E-state index in [1.165, 1.54) is 0 Å². The number of rotatable bonds is 6. The van der Waals surface area contributed by atoms with E-state index >= 15 is 0 Å². The lowest BCUT2D eigenvalue weighted by Gasteiger charge is -2.16. The standard InChI is InChI=1S/C10H19N5/c1-3-5-8(4-2)13-9-6-12-7-10(14-9)15-11/h6-8H,3-5,11H2,1-2H3,(H2,13,14,15). The molecule has 1 rings (SSSR count). The van der Waals surface area contributed by atoms with Gasteiger partial charge in [-0.3, -0.25) is 4.98 Å². The molecule has 0 amide bonds. The molecule has 1 heterocycles. The predicted octanol–water partition coefficient (Wildman–Crippen LogP) is 1.75. The van der Waals surface area contributed by atoms with Gasteiger partial charge >= 0.3 is 0 Å². The maximum atomic E-state index is 5.26. The number of nitrogens with zero attached hydrogens (tertiary/aromatic N) is 2. The van der Waals surface area contributed by atoms with E-state index in [0.717, 1.165) is 25.1 Å². The third kappa shape index (κ3) is 3.71. The monoisotopic (exact) mass is 209 g/mol. The highest BCUT2D eigenvalue weighted by atomic mass is 15.3. The second-order valence-corrected chi connectivity index (χ2v) is 3.47. The Morgan fingerprint density at radius 2 is 2.07 bits per heavy atom. The van der Waals surface area contributed by atoms with E-state index in [-0.39, 0.29) is 0 Å². The highest BCUT2D eigenvalue weighted by Crippen LogP contribution is 2.11. The summed E-state index contributed by atoms with van der Waals surface area (Å²) in [6.07, 6.45) is 6.67. The van der Waals surface area contributed by atoms with Crippen molar-refractivity contribution in [2.45, 2.75) is 39.2 Å². The Balaban J connectivity index is 2.61. The Kier molecular flexibility index (Phi) is 4.83. The molecule has 0 spiro atoms. The van der Waals surface area contributed by atoms with E-state index in [9.17, 15) is 0 Å². The summed E-state index contributed by atoms with van der Waals surface area (Å²) in [7, 11) is 0. The molecule has 5 heteroatoms. The van der Waals surface area contributed by atoms with Gasteiger partial charge < -0.3 is 10.7 Å². The molecule has 0 bridgehead atoms. The minimum Gasteiger partial charge on any atom is -0.366 e. The number of nitrogen functional groups attached to an aromatic ring is 1. The zero-order chi connectivity index (χ0) is 11.1. The second kappa shape index (κ2) is 6.19. The smallest absolute Gasteiger partial charge is 0.160 e. The highest BCUT2D eigenvalue weighted by Gasteiger charge is 2.05. The third-order valence-corrected chi connectivity index (χ3v) is 2.26. The zero-order valence-electron chi connectivity index (χ0n) is 9.33. The van der Waals surface area contributed by atoms with Gasteiger partial charge in [0.1, 0.15) is 5.82 Å². The number of hydrogen-bond acceptors (Lipinski definition) is 5. The number of anilines is 2. The van der Waals surface area contributed by atoms with Gasteiger partial charge in [-0.25, -0.2) is 10.8 Å². The van der Waals surface area contributed by atoms with Gasteiger partial charge in [-0.05, 0) is 12.8 Å². The fraction of sp³-hybridized carbons (Fsp3) is 0.600. The largest absolute Gasteiger partial charge is 0.366 e. The van der Waals surface area contributed by atoms with Gasteiger partial charge in [-0.15, -0.1) is 0 Å². The van der Waals surface area contributed by atoms with E-state index in [4.69, 9.17) is 5.84 Å². The van der Waals surface area contributed by atoms with E-state index in [0.29, 0.717) is 11.9 Å². The Labute approximate surface area is 90.5 Å². The summed E-state index contributed by atoms with van der Waals surface area (Å²) in [5.41, 5.74) is 2.48. The van der Waals surface area contributed by atoms with Gasteiger partial charge in [0.2, 0.25) is 0 Å². The van der Waals surface area contributed by atoms with Crippen LogP contribution in [0.3, 0.4) is 0 Å². The lowest BCUT2D eigenvalue weighted by atomic mass is 10.1. The molecule has 0 radical (unpaired) electrons. The van der Waals surface area contributed by atoms with Gasteiger partial charge in [0, 0.05) is 6.04 Å². The summed E-state index contributed by atoms with van der Waals surface area (Å²) < 4.78 is 0. The maximum absolute atomic E-state index is 5.26. The molecule has 84 valence electrons. The normalized spacial score (nSPS) is 12.2. The molecule has 1 atom stereocenters. The fourth-order valence-electron chi connectivity index (χ4n) is 1.44. The predicted molar refractivity (Wildman–Crippen MR) is 62.5 cm³/mol. The van der Waals surface area contributed by atoms with Gasteiger partial charge in [0.15, 0.2) is 5.82 Å². The van der Waals surface area contributed by atoms with Crippen molar-refractivity contribution in [3.63, 3.8) is 0 Å². The minimum atomic E-state index is 0.456. The molecule has 4 N–H and O–H groups in total. The molecular weight excluding hydrogens is 190 g/mol. The SMILES string of the molecule is CCCC(CC)Nc1cncc(NN)n1. The van der Waals surface area contributed by atoms with Crippen LogP contribution in [0.2, 0.25) is 0 Å². The molecular formula is C10H19N5. The molecule has 0 saturated carbocycles. The summed E-state index contributed by atoms with van der Waals surface area (Å²) in [6.45, 7) is 4.33. The van der Waals surface area contributed by atoms with Crippen LogP contribution in [0.25, 0.3) is 0 Å². The van der Waals surface area contributed by atoms with Crippen molar-refractivity contribution in [3.8, 4) is 0 Å². The van der Waals surface area contributed by atoms with Gasteiger partial charge in [0.25, 0.3) is 0 Å². The Morgan fingerprint density at radius 3 is 2.67 bits per heavy atom. The summed E-state index contributed by atoms with van der Waals surface area (Å²) in [5, 5.41) is 3.34. The first-order chi connectivity index (χ1) is 7.30. The highest BCUT2D eigenvalue weighted by molar-refractivity contribution is 5.41. The molecule has 1 aromatic heterocycles. The number of aromatic nitrogens is 2. The first-order valence-corrected chi connectivity index (χ1v) is 5.35. The number of nitrogens with two attached hydrogens (primary N) is 1. The van der Waals surface area contributed by atoms with Crippen LogP contribution in [0.4, 0.5) is 11.6 Å². The third-order valence-electron chi connectivity index (χ3n) is 2.26. The topological polar surface area (TPSA) is 75.9 Å². The van der Waals surface area contributed by atoms with E-state index < -0.39 is 0 Å². The van der Waals surface area contributed by atoms with Crippen LogP contribution in [0.5, 0.6) is 0 Å². The molecule has 0 aliphatic carbocycles. The summed E-state index contributed by atoms with van der Waals surface area (Å²) >= 11 is 0. The lowest BCUT2D eigenvalue weighted by Crippen LogP contribution is -2.19. The first-order valence-electron chi connectivity index (χ1n) is 5.35. The quantitative estimate of drug-likeness (QED) is 0.491. The van der Waals surface area contributed by atoms with Crippen molar-refractivity contribution in [1.82, 2.24) is 9.97 Å². The fourth-order valence-corrected chi connectivity index (χ4v) is 1.44. The Bertz CT molecular complexity index is 289. The summed E-state index contributed by atoms with van der Waals surface area (Å²) in [4.78, 5) is 8.29. The van der Waals surface area contributed by atoms with E-state index in [1.807, 2.05) is 0 Å². The van der Waals surface area contributed by atoms with Gasteiger partial charge in [0.05, 0.1) is 12.4 Å². The van der Waals surface area contributed by atoms with Crippen LogP contribution in [0, 0.1) is 0 Å². The van der Waals surface area contributed by atoms with Crippen molar-refractivity contribution in [2.24, 2.45) is 5.84 Å². The molecule has 0 aromatic carbocycles. The van der Waals surface area contributed by atoms with Crippen molar-refractivity contribution in [2.75, 3.05) is 10.7 Å². The van der Waals surface area contributed by atoms with Crippen LogP contribution >= 0.6 is 0 Å². The molecule has 0 fully saturated rings. The van der Waals surface area contributed by atoms with Crippen LogP contribution in [-0.4, -0.2) is 16.0 Å². The summed E-state index contributed by atoms with van der Waals surface area (Å²) in [5.74, 6) is 6.60. The second-order valence-electron chi connectivity index (χ2n) is 3.47. The summed E-state index contributed by atoms with van der Waals surface area (Å²) in [6, 6.07) is 0.456. The average Bonchev–Trinajstić information content (AvgIpc) is 2.29. The van der Waals surface area contributed by atoms with Crippen LogP contribution in [0.15, 0.2) is 12.4 Å². The molecule has 0 aliphatic rings. The number of nitrogens with one attached hydrogen (secondary N) is 2. The van der Waals surface area contributed by atoms with Gasteiger partial charge in [-0.1, -0.05) is 20.3 Å². The maximum Gasteiger partial charge on any atom is 0.160 e. The van der Waals surface area contributed by atoms with Crippen molar-refractivity contribution in [1.29, 1.82) is 0 Å². The Hall–Kier alpha value is -1.36. The lowest BCUT2D eigenvalue weighted by molar-refractivity contribution is 0.620. The molecule has 5 nitrogen and oxygen atoms in total. The molecule has 1 aromatic rings. The van der Waals surface area contributed by atoms with Crippen molar-refractivity contribution in [3.05, 3.63) is 12.4 Å². The molecule has 0 saturated heterocycles. The molecule has 0 aliphatic heterocycles.